The van der Waals surface area contributed by atoms with Crippen LogP contribution in [0, 0.1) is 0 Å². The Morgan fingerprint density at radius 3 is 2.47 bits per heavy atom. The number of hydrogen-bond acceptors (Lipinski definition) is 5. The maximum atomic E-state index is 11.5. The molecule has 0 unspecified atom stereocenters. The Morgan fingerprint density at radius 1 is 1.32 bits per heavy atom. The second-order valence-electron chi connectivity index (χ2n) is 3.23. The first-order valence-electron chi connectivity index (χ1n) is 4.66. The molecule has 0 aromatic heterocycles. The number of carbonyl (C=O) groups is 2. The average Bonchev–Trinajstić information content (AvgIpc) is 2.26. The number of carboxylic acids is 1. The molecule has 0 saturated carbocycles. The van der Waals surface area contributed by atoms with Gasteiger partial charge >= 0.3 is 22.3 Å². The van der Waals surface area contributed by atoms with Crippen molar-refractivity contribution in [2.75, 3.05) is 11.8 Å². The minimum absolute atomic E-state index is 0.0248. The summed E-state index contributed by atoms with van der Waals surface area (Å²) in [5, 5.41) is 8.83. The van der Waals surface area contributed by atoms with Crippen LogP contribution in [0.25, 0.3) is 0 Å². The van der Waals surface area contributed by atoms with Crippen molar-refractivity contribution in [3.05, 3.63) is 28.2 Å². The predicted molar refractivity (Wildman–Crippen MR) is 69.2 cm³/mol. The average molecular weight is 353 g/mol. The van der Waals surface area contributed by atoms with Crippen molar-refractivity contribution in [2.24, 2.45) is 0 Å². The van der Waals surface area contributed by atoms with E-state index in [9.17, 15) is 18.0 Å². The predicted octanol–water partition coefficient (Wildman–Crippen LogP) is 1.16. The van der Waals surface area contributed by atoms with Crippen molar-refractivity contribution in [2.45, 2.75) is 0 Å². The van der Waals surface area contributed by atoms with Gasteiger partial charge in [0, 0.05) is 4.47 Å². The Kier molecular flexibility index (Phi) is 4.72. The highest BCUT2D eigenvalue weighted by atomic mass is 79.9. The molecule has 104 valence electrons. The Balaban J connectivity index is 2.99. The van der Waals surface area contributed by atoms with E-state index in [1.54, 1.807) is 4.72 Å². The molecule has 0 aliphatic rings. The first-order chi connectivity index (χ1) is 8.73. The van der Waals surface area contributed by atoms with Crippen molar-refractivity contribution in [3.8, 4) is 0 Å². The molecule has 10 heteroatoms. The van der Waals surface area contributed by atoms with E-state index >= 15 is 0 Å². The topological polar surface area (TPSA) is 122 Å². The summed E-state index contributed by atoms with van der Waals surface area (Å²) in [4.78, 5) is 21.6. The molecule has 19 heavy (non-hydrogen) atoms. The fourth-order valence-electron chi connectivity index (χ4n) is 1.10. The second kappa shape index (κ2) is 5.89. The standard InChI is InChI=1S/C9H9BrN2O6S/c1-18-9(15)12-19(16,17)11-7-3-5(8(13)14)2-6(10)4-7/h2-4,11H,1H3,(H,12,15)(H,13,14). The lowest BCUT2D eigenvalue weighted by atomic mass is 10.2. The fraction of sp³-hybridized carbons (Fsp3) is 0.111. The van der Waals surface area contributed by atoms with E-state index in [1.165, 1.54) is 12.1 Å². The molecule has 0 fully saturated rings. The van der Waals surface area contributed by atoms with Gasteiger partial charge in [-0.1, -0.05) is 15.9 Å². The van der Waals surface area contributed by atoms with Crippen LogP contribution >= 0.6 is 15.9 Å². The lowest BCUT2D eigenvalue weighted by Crippen LogP contribution is -2.35. The van der Waals surface area contributed by atoms with Gasteiger partial charge in [0.15, 0.2) is 0 Å². The zero-order chi connectivity index (χ0) is 14.6. The maximum Gasteiger partial charge on any atom is 0.422 e. The van der Waals surface area contributed by atoms with Crippen molar-refractivity contribution >= 4 is 43.9 Å². The number of rotatable bonds is 4. The van der Waals surface area contributed by atoms with Gasteiger partial charge in [0.2, 0.25) is 0 Å². The maximum absolute atomic E-state index is 11.5. The summed E-state index contributed by atoms with van der Waals surface area (Å²) < 4.78 is 31.0. The van der Waals surface area contributed by atoms with Crippen LogP contribution in [-0.4, -0.2) is 32.7 Å². The molecule has 0 spiro atoms. The molecular formula is C9H9BrN2O6S. The molecule has 1 rings (SSSR count). The molecule has 0 aliphatic heterocycles. The minimum Gasteiger partial charge on any atom is -0.478 e. The van der Waals surface area contributed by atoms with Crippen LogP contribution in [0.5, 0.6) is 0 Å². The van der Waals surface area contributed by atoms with Gasteiger partial charge in [0.05, 0.1) is 18.4 Å². The number of ether oxygens (including phenoxy) is 1. The lowest BCUT2D eigenvalue weighted by molar-refractivity contribution is 0.0696. The third kappa shape index (κ3) is 4.75. The smallest absolute Gasteiger partial charge is 0.422 e. The van der Waals surface area contributed by atoms with Crippen LogP contribution in [0.2, 0.25) is 0 Å². The summed E-state index contributed by atoms with van der Waals surface area (Å²) in [5.41, 5.74) is -0.145. The number of amides is 1. The molecule has 0 atom stereocenters. The van der Waals surface area contributed by atoms with Crippen molar-refractivity contribution in [1.29, 1.82) is 0 Å². The van der Waals surface area contributed by atoms with Crippen molar-refractivity contribution in [1.82, 2.24) is 4.72 Å². The van der Waals surface area contributed by atoms with E-state index in [4.69, 9.17) is 5.11 Å². The molecule has 0 aliphatic carbocycles. The first-order valence-corrected chi connectivity index (χ1v) is 6.93. The number of anilines is 1. The van der Waals surface area contributed by atoms with Gasteiger partial charge < -0.3 is 9.84 Å². The van der Waals surface area contributed by atoms with Crippen molar-refractivity contribution < 1.29 is 27.9 Å². The Labute approximate surface area is 117 Å². The second-order valence-corrected chi connectivity index (χ2v) is 5.56. The highest BCUT2D eigenvalue weighted by Gasteiger charge is 2.15. The SMILES string of the molecule is COC(=O)NS(=O)(=O)Nc1cc(Br)cc(C(=O)O)c1. The molecule has 0 heterocycles. The van der Waals surface area contributed by atoms with Gasteiger partial charge in [-0.3, -0.25) is 4.72 Å². The Morgan fingerprint density at radius 2 is 1.95 bits per heavy atom. The Hall–Kier alpha value is -1.81. The Bertz CT molecular complexity index is 615. The van der Waals surface area contributed by atoms with Gasteiger partial charge in [-0.25, -0.2) is 14.3 Å². The van der Waals surface area contributed by atoms with E-state index in [0.29, 0.717) is 4.47 Å². The number of benzene rings is 1. The first kappa shape index (κ1) is 15.2. The van der Waals surface area contributed by atoms with Crippen LogP contribution in [0.1, 0.15) is 10.4 Å². The van der Waals surface area contributed by atoms with E-state index in [-0.39, 0.29) is 11.3 Å². The lowest BCUT2D eigenvalue weighted by Gasteiger charge is -2.09. The van der Waals surface area contributed by atoms with Gasteiger partial charge in [0.1, 0.15) is 0 Å². The minimum atomic E-state index is -4.19. The molecule has 8 nitrogen and oxygen atoms in total. The number of carboxylic acid groups (broad SMARTS) is 1. The summed E-state index contributed by atoms with van der Waals surface area (Å²) in [6.07, 6.45) is -1.17. The summed E-state index contributed by atoms with van der Waals surface area (Å²) in [7, 11) is -3.19. The molecular weight excluding hydrogens is 344 g/mol. The quantitative estimate of drug-likeness (QED) is 0.747. The van der Waals surface area contributed by atoms with Gasteiger partial charge in [0.25, 0.3) is 0 Å². The number of nitrogens with one attached hydrogen (secondary N) is 2. The van der Waals surface area contributed by atoms with Crippen LogP contribution in [0.15, 0.2) is 22.7 Å². The normalized spacial score (nSPS) is 10.6. The van der Waals surface area contributed by atoms with E-state index in [1.807, 2.05) is 4.72 Å². The molecule has 1 aromatic rings. The number of aromatic carboxylic acids is 1. The molecule has 3 N–H and O–H groups in total. The van der Waals surface area contributed by atoms with Crippen LogP contribution in [0.3, 0.4) is 0 Å². The van der Waals surface area contributed by atoms with E-state index in [2.05, 4.69) is 20.7 Å². The van der Waals surface area contributed by atoms with Crippen LogP contribution in [0.4, 0.5) is 10.5 Å². The van der Waals surface area contributed by atoms with Crippen LogP contribution < -0.4 is 9.44 Å². The highest BCUT2D eigenvalue weighted by Crippen LogP contribution is 2.20. The molecule has 0 saturated heterocycles. The summed E-state index contributed by atoms with van der Waals surface area (Å²) >= 11 is 3.04. The monoisotopic (exact) mass is 352 g/mol. The zero-order valence-corrected chi connectivity index (χ0v) is 11.9. The third-order valence-corrected chi connectivity index (χ3v) is 3.20. The highest BCUT2D eigenvalue weighted by molar-refractivity contribution is 9.10. The summed E-state index contributed by atoms with van der Waals surface area (Å²) in [6, 6.07) is 3.74. The molecule has 0 bridgehead atoms. The summed E-state index contributed by atoms with van der Waals surface area (Å²) in [6.45, 7) is 0. The third-order valence-electron chi connectivity index (χ3n) is 1.80. The van der Waals surface area contributed by atoms with Gasteiger partial charge in [-0.2, -0.15) is 8.42 Å². The van der Waals surface area contributed by atoms with Gasteiger partial charge in [-0.05, 0) is 18.2 Å². The van der Waals surface area contributed by atoms with E-state index in [0.717, 1.165) is 13.2 Å². The fourth-order valence-corrected chi connectivity index (χ4v) is 2.38. The van der Waals surface area contributed by atoms with Crippen molar-refractivity contribution in [3.63, 3.8) is 0 Å². The molecule has 1 aromatic carbocycles. The molecule has 0 radical (unpaired) electrons. The summed E-state index contributed by atoms with van der Waals surface area (Å²) in [5.74, 6) is -1.22. The zero-order valence-electron chi connectivity index (χ0n) is 9.51. The number of carbonyl (C=O) groups excluding carboxylic acids is 1. The number of halogens is 1. The molecule has 1 amide bonds. The number of methoxy groups -OCH3 is 1. The number of hydrogen-bond donors (Lipinski definition) is 3. The van der Waals surface area contributed by atoms with E-state index < -0.39 is 22.3 Å². The van der Waals surface area contributed by atoms with Gasteiger partial charge in [-0.15, -0.1) is 0 Å². The van der Waals surface area contributed by atoms with Crippen LogP contribution in [-0.2, 0) is 14.9 Å². The largest absolute Gasteiger partial charge is 0.478 e.